The highest BCUT2D eigenvalue weighted by atomic mass is 32.2. The predicted molar refractivity (Wildman–Crippen MR) is 28.4 cm³/mol. The molecule has 0 aromatic heterocycles. The van der Waals surface area contributed by atoms with E-state index < -0.39 is 27.2 Å². The molecule has 0 saturated heterocycles. The van der Waals surface area contributed by atoms with Crippen molar-refractivity contribution in [3.05, 3.63) is 11.9 Å². The van der Waals surface area contributed by atoms with Crippen molar-refractivity contribution in [2.75, 3.05) is 0 Å². The smallest absolute Gasteiger partial charge is 0.223 e. The molecule has 0 heterocycles. The van der Waals surface area contributed by atoms with Gasteiger partial charge in [-0.2, -0.15) is 22.0 Å². The normalized spacial score (nSPS) is 12.8. The van der Waals surface area contributed by atoms with Crippen LogP contribution in [0.2, 0.25) is 0 Å². The van der Waals surface area contributed by atoms with Gasteiger partial charge in [0.2, 0.25) is 0 Å². The first kappa shape index (κ1) is 11.3. The summed E-state index contributed by atoms with van der Waals surface area (Å²) in [5.41, 5.74) is 0. The second kappa shape index (κ2) is 2.98. The van der Waals surface area contributed by atoms with Crippen LogP contribution in [0.25, 0.3) is 0 Å². The van der Waals surface area contributed by atoms with E-state index in [-0.39, 0.29) is 0 Å². The van der Waals surface area contributed by atoms with Crippen LogP contribution in [0.4, 0.5) is 22.0 Å². The highest BCUT2D eigenvalue weighted by molar-refractivity contribution is 7.90. The quantitative estimate of drug-likeness (QED) is 0.691. The molecule has 0 bridgehead atoms. The molecule has 0 atom stereocenters. The van der Waals surface area contributed by atoms with E-state index in [9.17, 15) is 30.4 Å². The van der Waals surface area contributed by atoms with Crippen molar-refractivity contribution < 1.29 is 30.4 Å². The number of nitrogens with two attached hydrogens (primary N) is 1. The summed E-state index contributed by atoms with van der Waals surface area (Å²) in [5, 5.41) is -1.60. The Morgan fingerprint density at radius 3 is 1.58 bits per heavy atom. The molecule has 2 N–H and O–H groups in total. The number of rotatable bonds is 2. The maximum Gasteiger partial charge on any atom is 0.414 e. The van der Waals surface area contributed by atoms with Gasteiger partial charge in [-0.15, -0.1) is 0 Å². The summed E-state index contributed by atoms with van der Waals surface area (Å²) in [6, 6.07) is 0. The van der Waals surface area contributed by atoms with Crippen LogP contribution in [0.5, 0.6) is 0 Å². The summed E-state index contributed by atoms with van der Waals surface area (Å²) in [7, 11) is -5.69. The lowest BCUT2D eigenvalue weighted by Gasteiger charge is -2.09. The summed E-state index contributed by atoms with van der Waals surface area (Å²) in [5.74, 6) is -3.36. The van der Waals surface area contributed by atoms with Crippen molar-refractivity contribution in [3.8, 4) is 0 Å². The first-order valence-corrected chi connectivity index (χ1v) is 3.76. The first-order chi connectivity index (χ1) is 5.10. The first-order valence-electron chi connectivity index (χ1n) is 2.22. The predicted octanol–water partition coefficient (Wildman–Crippen LogP) is 0.945. The van der Waals surface area contributed by atoms with Crippen molar-refractivity contribution in [2.45, 2.75) is 5.25 Å². The Morgan fingerprint density at radius 2 is 1.50 bits per heavy atom. The zero-order valence-electron chi connectivity index (χ0n) is 5.19. The molecular formula is C3H2F5NO2S. The van der Waals surface area contributed by atoms with E-state index in [0.717, 1.165) is 0 Å². The minimum absolute atomic E-state index is 3.36. The average molecular weight is 211 g/mol. The standard InChI is InChI=1S/C3H2F5NO2S/c4-1(2(5)6)3(7,8)12(9,10)11/h(H2,9,10,11). The molecule has 0 spiro atoms. The van der Waals surface area contributed by atoms with Gasteiger partial charge in [-0.1, -0.05) is 0 Å². The van der Waals surface area contributed by atoms with E-state index >= 15 is 0 Å². The number of alkyl halides is 2. The van der Waals surface area contributed by atoms with Crippen LogP contribution in [-0.4, -0.2) is 13.7 Å². The Hall–Kier alpha value is -0.700. The van der Waals surface area contributed by atoms with Gasteiger partial charge in [0, 0.05) is 0 Å². The third kappa shape index (κ3) is 1.91. The molecule has 0 saturated carbocycles. The Labute approximate surface area is 63.7 Å². The van der Waals surface area contributed by atoms with Crippen molar-refractivity contribution >= 4 is 10.0 Å². The monoisotopic (exact) mass is 211 g/mol. The Balaban J connectivity index is 5.31. The second-order valence-corrected chi connectivity index (χ2v) is 3.24. The zero-order valence-corrected chi connectivity index (χ0v) is 6.01. The summed E-state index contributed by atoms with van der Waals surface area (Å²) >= 11 is 0. The average Bonchev–Trinajstić information content (AvgIpc) is 1.83. The van der Waals surface area contributed by atoms with E-state index in [0.29, 0.717) is 0 Å². The van der Waals surface area contributed by atoms with Gasteiger partial charge >= 0.3 is 11.3 Å². The lowest BCUT2D eigenvalue weighted by molar-refractivity contribution is 0.0945. The van der Waals surface area contributed by atoms with Crippen LogP contribution in [0, 0.1) is 0 Å². The lowest BCUT2D eigenvalue weighted by Crippen LogP contribution is -2.36. The number of sulfonamides is 1. The minimum Gasteiger partial charge on any atom is -0.223 e. The lowest BCUT2D eigenvalue weighted by atomic mass is 10.6. The summed E-state index contributed by atoms with van der Waals surface area (Å²) in [6.07, 6.45) is -3.42. The van der Waals surface area contributed by atoms with E-state index in [1.165, 1.54) is 0 Å². The molecule has 0 aliphatic heterocycles. The highest BCUT2D eigenvalue weighted by Gasteiger charge is 2.50. The van der Waals surface area contributed by atoms with Gasteiger partial charge in [0.1, 0.15) is 0 Å². The Morgan fingerprint density at radius 1 is 1.17 bits per heavy atom. The van der Waals surface area contributed by atoms with E-state index in [1.54, 1.807) is 0 Å². The van der Waals surface area contributed by atoms with Crippen molar-refractivity contribution in [1.29, 1.82) is 0 Å². The molecule has 0 aliphatic carbocycles. The maximum absolute atomic E-state index is 11.9. The molecule has 0 amide bonds. The van der Waals surface area contributed by atoms with E-state index in [4.69, 9.17) is 0 Å². The zero-order chi connectivity index (χ0) is 10.2. The topological polar surface area (TPSA) is 60.2 Å². The van der Waals surface area contributed by atoms with Crippen LogP contribution in [0.1, 0.15) is 0 Å². The maximum atomic E-state index is 11.9. The third-order valence-corrected chi connectivity index (χ3v) is 1.67. The van der Waals surface area contributed by atoms with Gasteiger partial charge in [-0.3, -0.25) is 0 Å². The molecular weight excluding hydrogens is 209 g/mol. The van der Waals surface area contributed by atoms with Crippen molar-refractivity contribution in [3.63, 3.8) is 0 Å². The molecule has 3 nitrogen and oxygen atoms in total. The van der Waals surface area contributed by atoms with Crippen LogP contribution in [0.3, 0.4) is 0 Å². The second-order valence-electron chi connectivity index (χ2n) is 1.64. The van der Waals surface area contributed by atoms with Crippen LogP contribution in [-0.2, 0) is 10.0 Å². The molecule has 9 heteroatoms. The molecule has 0 unspecified atom stereocenters. The Kier molecular flexibility index (Phi) is 2.80. The van der Waals surface area contributed by atoms with Gasteiger partial charge in [0.25, 0.3) is 15.9 Å². The SMILES string of the molecule is NS(=O)(=O)C(F)(F)C(F)=C(F)F. The van der Waals surface area contributed by atoms with E-state index in [1.807, 2.05) is 0 Å². The summed E-state index contributed by atoms with van der Waals surface area (Å²) in [4.78, 5) is 0. The number of hydrogen-bond donors (Lipinski definition) is 1. The molecule has 0 radical (unpaired) electrons. The summed E-state index contributed by atoms with van der Waals surface area (Å²) in [6.45, 7) is 0. The number of halogens is 5. The molecule has 0 rings (SSSR count). The molecule has 0 aromatic carbocycles. The highest BCUT2D eigenvalue weighted by Crippen LogP contribution is 2.32. The number of hydrogen-bond acceptors (Lipinski definition) is 2. The fraction of sp³-hybridized carbons (Fsp3) is 0.333. The van der Waals surface area contributed by atoms with Crippen LogP contribution >= 0.6 is 0 Å². The van der Waals surface area contributed by atoms with Gasteiger partial charge < -0.3 is 0 Å². The molecule has 72 valence electrons. The van der Waals surface area contributed by atoms with Gasteiger partial charge in [-0.25, -0.2) is 13.6 Å². The van der Waals surface area contributed by atoms with Gasteiger partial charge in [0.15, 0.2) is 0 Å². The summed E-state index contributed by atoms with van der Waals surface area (Å²) < 4.78 is 77.6. The number of primary sulfonamides is 1. The van der Waals surface area contributed by atoms with E-state index in [2.05, 4.69) is 5.14 Å². The fourth-order valence-electron chi connectivity index (χ4n) is 0.235. The fourth-order valence-corrected chi connectivity index (χ4v) is 0.562. The minimum atomic E-state index is -5.69. The molecule has 0 aromatic rings. The molecule has 0 fully saturated rings. The largest absolute Gasteiger partial charge is 0.414 e. The Bertz CT molecular complexity index is 303. The van der Waals surface area contributed by atoms with Crippen LogP contribution in [0.15, 0.2) is 11.9 Å². The van der Waals surface area contributed by atoms with Crippen molar-refractivity contribution in [1.82, 2.24) is 0 Å². The molecule has 0 aliphatic rings. The van der Waals surface area contributed by atoms with Crippen molar-refractivity contribution in [2.24, 2.45) is 5.14 Å². The van der Waals surface area contributed by atoms with Crippen LogP contribution < -0.4 is 5.14 Å². The van der Waals surface area contributed by atoms with Gasteiger partial charge in [0.05, 0.1) is 0 Å². The van der Waals surface area contributed by atoms with Gasteiger partial charge in [-0.05, 0) is 0 Å². The third-order valence-electron chi connectivity index (χ3n) is 0.779. The molecule has 12 heavy (non-hydrogen) atoms.